The zero-order chi connectivity index (χ0) is 13.9. The number of aromatic nitrogens is 2. The zero-order valence-electron chi connectivity index (χ0n) is 10.7. The summed E-state index contributed by atoms with van der Waals surface area (Å²) < 4.78 is 0. The van der Waals surface area contributed by atoms with Crippen LogP contribution in [0.3, 0.4) is 0 Å². The lowest BCUT2D eigenvalue weighted by molar-refractivity contribution is 0.102. The molecule has 0 spiro atoms. The standard InChI is InChI=1S/C14H13ClN4O/c15-12-5-7-17-14(18-12)19-13(20)10-3-4-11-9(8-10)2-1-6-16-11/h3-5,7-8,16H,1-2,6H2,(H,17,18,19,20). The third-order valence-electron chi connectivity index (χ3n) is 3.15. The SMILES string of the molecule is O=C(Nc1nccc(Cl)n1)c1ccc2c(c1)CCCN2. The van der Waals surface area contributed by atoms with Crippen LogP contribution < -0.4 is 10.6 Å². The van der Waals surface area contributed by atoms with Crippen LogP contribution in [0.5, 0.6) is 0 Å². The number of carbonyl (C=O) groups excluding carboxylic acids is 1. The number of anilines is 2. The minimum absolute atomic E-state index is 0.207. The lowest BCUT2D eigenvalue weighted by atomic mass is 10.0. The lowest BCUT2D eigenvalue weighted by Gasteiger charge is -2.18. The Bertz CT molecular complexity index is 659. The average Bonchev–Trinajstić information content (AvgIpc) is 2.47. The van der Waals surface area contributed by atoms with Crippen molar-refractivity contribution in [3.05, 3.63) is 46.7 Å². The first kappa shape index (κ1) is 12.9. The molecular weight excluding hydrogens is 276 g/mol. The second-order valence-electron chi connectivity index (χ2n) is 4.56. The average molecular weight is 289 g/mol. The normalized spacial score (nSPS) is 13.2. The molecule has 0 saturated carbocycles. The fourth-order valence-corrected chi connectivity index (χ4v) is 2.32. The Kier molecular flexibility index (Phi) is 3.52. The molecule has 0 aliphatic carbocycles. The Labute approximate surface area is 121 Å². The fourth-order valence-electron chi connectivity index (χ4n) is 2.19. The highest BCUT2D eigenvalue weighted by atomic mass is 35.5. The quantitative estimate of drug-likeness (QED) is 0.834. The molecule has 102 valence electrons. The van der Waals surface area contributed by atoms with Crippen molar-refractivity contribution in [2.75, 3.05) is 17.2 Å². The Balaban J connectivity index is 1.80. The summed E-state index contributed by atoms with van der Waals surface area (Å²) in [5.74, 6) is -0.0287. The second kappa shape index (κ2) is 5.46. The van der Waals surface area contributed by atoms with Crippen LogP contribution in [-0.2, 0) is 6.42 Å². The van der Waals surface area contributed by atoms with E-state index in [9.17, 15) is 4.79 Å². The first-order valence-corrected chi connectivity index (χ1v) is 6.77. The summed E-state index contributed by atoms with van der Waals surface area (Å²) in [6, 6.07) is 7.18. The van der Waals surface area contributed by atoms with Crippen LogP contribution in [-0.4, -0.2) is 22.4 Å². The topological polar surface area (TPSA) is 66.9 Å². The van der Waals surface area contributed by atoms with Crippen molar-refractivity contribution < 1.29 is 4.79 Å². The fraction of sp³-hybridized carbons (Fsp3) is 0.214. The Hall–Kier alpha value is -2.14. The highest BCUT2D eigenvalue weighted by molar-refractivity contribution is 6.29. The number of carbonyl (C=O) groups is 1. The van der Waals surface area contributed by atoms with E-state index in [1.165, 1.54) is 6.20 Å². The van der Waals surface area contributed by atoms with Crippen molar-refractivity contribution in [3.8, 4) is 0 Å². The molecule has 2 N–H and O–H groups in total. The van der Waals surface area contributed by atoms with Gasteiger partial charge in [0.25, 0.3) is 5.91 Å². The van der Waals surface area contributed by atoms with Gasteiger partial charge in [-0.15, -0.1) is 0 Å². The number of hydrogen-bond donors (Lipinski definition) is 2. The Morgan fingerprint density at radius 1 is 1.35 bits per heavy atom. The first-order valence-electron chi connectivity index (χ1n) is 6.39. The largest absolute Gasteiger partial charge is 0.385 e. The van der Waals surface area contributed by atoms with Gasteiger partial charge in [-0.1, -0.05) is 11.6 Å². The molecule has 0 atom stereocenters. The maximum Gasteiger partial charge on any atom is 0.258 e. The van der Waals surface area contributed by atoms with Gasteiger partial charge in [0, 0.05) is 24.0 Å². The van der Waals surface area contributed by atoms with Crippen molar-refractivity contribution in [1.82, 2.24) is 9.97 Å². The maximum absolute atomic E-state index is 12.2. The van der Waals surface area contributed by atoms with E-state index in [0.29, 0.717) is 10.7 Å². The Morgan fingerprint density at radius 3 is 3.10 bits per heavy atom. The van der Waals surface area contributed by atoms with Gasteiger partial charge in [-0.2, -0.15) is 0 Å². The molecule has 20 heavy (non-hydrogen) atoms. The number of nitrogens with zero attached hydrogens (tertiary/aromatic N) is 2. The highest BCUT2D eigenvalue weighted by Crippen LogP contribution is 2.23. The molecule has 2 heterocycles. The number of fused-ring (bicyclic) bond motifs is 1. The van der Waals surface area contributed by atoms with Gasteiger partial charge in [0.15, 0.2) is 0 Å². The monoisotopic (exact) mass is 288 g/mol. The summed E-state index contributed by atoms with van der Waals surface area (Å²) >= 11 is 5.76. The molecule has 3 rings (SSSR count). The van der Waals surface area contributed by atoms with E-state index < -0.39 is 0 Å². The summed E-state index contributed by atoms with van der Waals surface area (Å²) in [5, 5.41) is 6.25. The van der Waals surface area contributed by atoms with E-state index in [1.807, 2.05) is 12.1 Å². The molecule has 5 nitrogen and oxygen atoms in total. The molecule has 1 aliphatic rings. The summed E-state index contributed by atoms with van der Waals surface area (Å²) in [6.07, 6.45) is 3.56. The molecule has 1 aliphatic heterocycles. The van der Waals surface area contributed by atoms with Gasteiger partial charge in [0.2, 0.25) is 5.95 Å². The molecule has 1 aromatic carbocycles. The van der Waals surface area contributed by atoms with Crippen LogP contribution in [0, 0.1) is 0 Å². The molecule has 0 fully saturated rings. The number of hydrogen-bond acceptors (Lipinski definition) is 4. The summed E-state index contributed by atoms with van der Waals surface area (Å²) in [5.41, 5.74) is 2.86. The van der Waals surface area contributed by atoms with E-state index in [0.717, 1.165) is 30.6 Å². The second-order valence-corrected chi connectivity index (χ2v) is 4.95. The van der Waals surface area contributed by atoms with Gasteiger partial charge in [-0.05, 0) is 42.7 Å². The molecule has 0 unspecified atom stereocenters. The number of amides is 1. The number of aryl methyl sites for hydroxylation is 1. The number of nitrogens with one attached hydrogen (secondary N) is 2. The van der Waals surface area contributed by atoms with Crippen molar-refractivity contribution in [3.63, 3.8) is 0 Å². The van der Waals surface area contributed by atoms with Gasteiger partial charge < -0.3 is 5.32 Å². The molecule has 0 radical (unpaired) electrons. The van der Waals surface area contributed by atoms with Crippen LogP contribution in [0.4, 0.5) is 11.6 Å². The molecule has 1 aromatic heterocycles. The number of rotatable bonds is 2. The van der Waals surface area contributed by atoms with Gasteiger partial charge in [-0.3, -0.25) is 10.1 Å². The smallest absolute Gasteiger partial charge is 0.258 e. The number of halogens is 1. The molecule has 6 heteroatoms. The third-order valence-corrected chi connectivity index (χ3v) is 3.36. The third kappa shape index (κ3) is 2.72. The molecule has 2 aromatic rings. The first-order chi connectivity index (χ1) is 9.72. The predicted octanol–water partition coefficient (Wildman–Crippen LogP) is 2.74. The van der Waals surface area contributed by atoms with E-state index in [2.05, 4.69) is 20.6 Å². The zero-order valence-corrected chi connectivity index (χ0v) is 11.4. The van der Waals surface area contributed by atoms with E-state index in [-0.39, 0.29) is 11.9 Å². The lowest BCUT2D eigenvalue weighted by Crippen LogP contribution is -2.16. The van der Waals surface area contributed by atoms with E-state index in [1.54, 1.807) is 12.1 Å². The van der Waals surface area contributed by atoms with Gasteiger partial charge >= 0.3 is 0 Å². The van der Waals surface area contributed by atoms with Crippen LogP contribution in [0.2, 0.25) is 5.15 Å². The molecule has 0 saturated heterocycles. The Morgan fingerprint density at radius 2 is 2.25 bits per heavy atom. The minimum atomic E-state index is -0.236. The van der Waals surface area contributed by atoms with Crippen LogP contribution in [0.15, 0.2) is 30.5 Å². The van der Waals surface area contributed by atoms with Crippen LogP contribution in [0.1, 0.15) is 22.3 Å². The van der Waals surface area contributed by atoms with E-state index >= 15 is 0 Å². The van der Waals surface area contributed by atoms with Crippen molar-refractivity contribution >= 4 is 29.1 Å². The van der Waals surface area contributed by atoms with E-state index in [4.69, 9.17) is 11.6 Å². The summed E-state index contributed by atoms with van der Waals surface area (Å²) in [6.45, 7) is 0.981. The maximum atomic E-state index is 12.2. The highest BCUT2D eigenvalue weighted by Gasteiger charge is 2.13. The summed E-state index contributed by atoms with van der Waals surface area (Å²) in [7, 11) is 0. The minimum Gasteiger partial charge on any atom is -0.385 e. The van der Waals surface area contributed by atoms with Crippen molar-refractivity contribution in [2.45, 2.75) is 12.8 Å². The van der Waals surface area contributed by atoms with Crippen molar-refractivity contribution in [2.24, 2.45) is 0 Å². The van der Waals surface area contributed by atoms with Crippen LogP contribution in [0.25, 0.3) is 0 Å². The molecule has 0 bridgehead atoms. The van der Waals surface area contributed by atoms with Gasteiger partial charge in [-0.25, -0.2) is 9.97 Å². The van der Waals surface area contributed by atoms with Gasteiger partial charge in [0.05, 0.1) is 0 Å². The van der Waals surface area contributed by atoms with Crippen molar-refractivity contribution in [1.29, 1.82) is 0 Å². The van der Waals surface area contributed by atoms with Gasteiger partial charge in [0.1, 0.15) is 5.15 Å². The molecular formula is C14H13ClN4O. The number of benzene rings is 1. The van der Waals surface area contributed by atoms with Crippen LogP contribution >= 0.6 is 11.6 Å². The molecule has 1 amide bonds. The predicted molar refractivity (Wildman–Crippen MR) is 78.2 cm³/mol. The summed E-state index contributed by atoms with van der Waals surface area (Å²) in [4.78, 5) is 20.0.